The van der Waals surface area contributed by atoms with Crippen LogP contribution in [0.2, 0.25) is 0 Å². The maximum atomic E-state index is 5.40. The lowest BCUT2D eigenvalue weighted by Crippen LogP contribution is -2.05. The minimum atomic E-state index is 0.263. The number of nitrogens with zero attached hydrogens (tertiary/aromatic N) is 2. The molecule has 144 valence electrons. The molecule has 8 nitrogen and oxygen atoms in total. The topological polar surface area (TPSA) is 86.8 Å². The molecule has 8 heteroatoms. The van der Waals surface area contributed by atoms with E-state index in [9.17, 15) is 0 Å². The fourth-order valence-corrected chi connectivity index (χ4v) is 2.81. The van der Waals surface area contributed by atoms with E-state index >= 15 is 0 Å². The zero-order valence-electron chi connectivity index (χ0n) is 15.6. The summed E-state index contributed by atoms with van der Waals surface area (Å²) in [4.78, 5) is 8.76. The Morgan fingerprint density at radius 1 is 0.964 bits per heavy atom. The second-order valence-corrected chi connectivity index (χ2v) is 6.00. The van der Waals surface area contributed by atoms with Crippen LogP contribution in [-0.4, -0.2) is 31.0 Å². The summed E-state index contributed by atoms with van der Waals surface area (Å²) in [5.74, 6) is 4.01. The van der Waals surface area contributed by atoms with Crippen molar-refractivity contribution in [3.63, 3.8) is 0 Å². The smallest absolute Gasteiger partial charge is 0.231 e. The number of anilines is 3. The Kier molecular flexibility index (Phi) is 5.01. The van der Waals surface area contributed by atoms with E-state index in [1.54, 1.807) is 26.5 Å². The van der Waals surface area contributed by atoms with Gasteiger partial charge in [0.2, 0.25) is 12.7 Å². The number of fused-ring (bicyclic) bond motifs is 1. The van der Waals surface area contributed by atoms with E-state index in [0.717, 1.165) is 22.7 Å². The predicted octanol–water partition coefficient (Wildman–Crippen LogP) is 3.58. The maximum absolute atomic E-state index is 5.40. The quantitative estimate of drug-likeness (QED) is 0.643. The summed E-state index contributed by atoms with van der Waals surface area (Å²) in [5.41, 5.74) is 1.88. The lowest BCUT2D eigenvalue weighted by Gasteiger charge is -2.11. The van der Waals surface area contributed by atoms with E-state index in [0.29, 0.717) is 29.8 Å². The van der Waals surface area contributed by atoms with Crippen LogP contribution in [-0.2, 0) is 6.54 Å². The second-order valence-electron chi connectivity index (χ2n) is 6.00. The number of rotatable bonds is 7. The van der Waals surface area contributed by atoms with Crippen LogP contribution in [0.4, 0.5) is 17.5 Å². The summed E-state index contributed by atoms with van der Waals surface area (Å²) in [7, 11) is 3.21. The fourth-order valence-electron chi connectivity index (χ4n) is 2.81. The van der Waals surface area contributed by atoms with Gasteiger partial charge in [0.1, 0.15) is 5.82 Å². The van der Waals surface area contributed by atoms with Gasteiger partial charge in [-0.15, -0.1) is 0 Å². The van der Waals surface area contributed by atoms with Crippen molar-refractivity contribution in [2.24, 2.45) is 0 Å². The summed E-state index contributed by atoms with van der Waals surface area (Å²) in [6.45, 7) is 0.829. The number of aromatic nitrogens is 2. The molecule has 0 fully saturated rings. The highest BCUT2D eigenvalue weighted by atomic mass is 16.7. The summed E-state index contributed by atoms with van der Waals surface area (Å²) >= 11 is 0. The van der Waals surface area contributed by atoms with Crippen molar-refractivity contribution in [2.45, 2.75) is 6.54 Å². The Morgan fingerprint density at radius 2 is 1.82 bits per heavy atom. The lowest BCUT2D eigenvalue weighted by atomic mass is 10.2. The zero-order valence-corrected chi connectivity index (χ0v) is 15.6. The van der Waals surface area contributed by atoms with Gasteiger partial charge < -0.3 is 29.6 Å². The van der Waals surface area contributed by atoms with Crippen molar-refractivity contribution in [2.75, 3.05) is 31.6 Å². The van der Waals surface area contributed by atoms with Gasteiger partial charge in [-0.25, -0.2) is 4.98 Å². The van der Waals surface area contributed by atoms with Crippen LogP contribution >= 0.6 is 0 Å². The first-order chi connectivity index (χ1) is 13.7. The van der Waals surface area contributed by atoms with Crippen molar-refractivity contribution >= 4 is 17.5 Å². The average Bonchev–Trinajstić information content (AvgIpc) is 3.20. The molecular weight excluding hydrogens is 360 g/mol. The van der Waals surface area contributed by atoms with Crippen molar-refractivity contribution < 1.29 is 18.9 Å². The molecule has 2 heterocycles. The Balaban J connectivity index is 1.43. The molecule has 28 heavy (non-hydrogen) atoms. The highest BCUT2D eigenvalue weighted by Gasteiger charge is 2.13. The molecule has 2 aromatic carbocycles. The summed E-state index contributed by atoms with van der Waals surface area (Å²) in [6.07, 6.45) is 1.69. The molecule has 0 saturated carbocycles. The van der Waals surface area contributed by atoms with Gasteiger partial charge in [0.15, 0.2) is 23.0 Å². The van der Waals surface area contributed by atoms with Crippen LogP contribution in [0.15, 0.2) is 48.7 Å². The highest BCUT2D eigenvalue weighted by molar-refractivity contribution is 5.61. The Hall–Kier alpha value is -3.68. The van der Waals surface area contributed by atoms with Crippen molar-refractivity contribution in [3.8, 4) is 23.0 Å². The minimum Gasteiger partial charge on any atom is -0.493 e. The van der Waals surface area contributed by atoms with Crippen LogP contribution < -0.4 is 29.6 Å². The summed E-state index contributed by atoms with van der Waals surface area (Å²) < 4.78 is 21.3. The van der Waals surface area contributed by atoms with Crippen LogP contribution in [0.25, 0.3) is 0 Å². The Morgan fingerprint density at radius 3 is 2.68 bits per heavy atom. The number of benzene rings is 2. The summed E-state index contributed by atoms with van der Waals surface area (Å²) in [5, 5.41) is 6.46. The number of methoxy groups -OCH3 is 2. The number of ether oxygens (including phenoxy) is 4. The van der Waals surface area contributed by atoms with Crippen LogP contribution in [0.5, 0.6) is 23.0 Å². The largest absolute Gasteiger partial charge is 0.493 e. The number of hydrogen-bond donors (Lipinski definition) is 2. The van der Waals surface area contributed by atoms with E-state index in [2.05, 4.69) is 20.6 Å². The first kappa shape index (κ1) is 17.7. The first-order valence-electron chi connectivity index (χ1n) is 8.69. The molecule has 3 aromatic rings. The Labute approximate surface area is 162 Å². The van der Waals surface area contributed by atoms with Crippen LogP contribution in [0.3, 0.4) is 0 Å². The monoisotopic (exact) mass is 380 g/mol. The first-order valence-corrected chi connectivity index (χ1v) is 8.69. The molecule has 0 amide bonds. The van der Waals surface area contributed by atoms with E-state index in [1.807, 2.05) is 36.4 Å². The van der Waals surface area contributed by atoms with Gasteiger partial charge in [-0.2, -0.15) is 4.98 Å². The van der Waals surface area contributed by atoms with E-state index in [4.69, 9.17) is 18.9 Å². The second kappa shape index (κ2) is 7.91. The molecule has 0 unspecified atom stereocenters. The molecule has 1 aromatic heterocycles. The van der Waals surface area contributed by atoms with Gasteiger partial charge in [0.25, 0.3) is 0 Å². The molecule has 0 radical (unpaired) electrons. The van der Waals surface area contributed by atoms with Gasteiger partial charge >= 0.3 is 0 Å². The maximum Gasteiger partial charge on any atom is 0.231 e. The van der Waals surface area contributed by atoms with E-state index in [-0.39, 0.29) is 6.79 Å². The van der Waals surface area contributed by atoms with Crippen LogP contribution in [0, 0.1) is 0 Å². The van der Waals surface area contributed by atoms with Gasteiger partial charge in [-0.3, -0.25) is 0 Å². The highest BCUT2D eigenvalue weighted by Crippen LogP contribution is 2.33. The van der Waals surface area contributed by atoms with Crippen LogP contribution in [0.1, 0.15) is 5.56 Å². The van der Waals surface area contributed by atoms with Crippen molar-refractivity contribution in [1.29, 1.82) is 0 Å². The molecule has 0 spiro atoms. The third-order valence-corrected chi connectivity index (χ3v) is 4.20. The fraction of sp³-hybridized carbons (Fsp3) is 0.200. The summed E-state index contributed by atoms with van der Waals surface area (Å²) in [6, 6.07) is 13.2. The lowest BCUT2D eigenvalue weighted by molar-refractivity contribution is 0.174. The minimum absolute atomic E-state index is 0.263. The molecule has 1 aliphatic heterocycles. The molecular formula is C20H20N4O4. The average molecular weight is 380 g/mol. The third-order valence-electron chi connectivity index (χ3n) is 4.20. The standard InChI is InChI=1S/C20H20N4O4/c1-25-15-6-4-14(10-17(15)26-2)23-19-7-8-21-20(24-19)22-11-13-3-5-16-18(9-13)28-12-27-16/h3-10H,11-12H2,1-2H3,(H2,21,22,23,24). The molecule has 0 atom stereocenters. The normalized spacial score (nSPS) is 11.8. The predicted molar refractivity (Wildman–Crippen MR) is 105 cm³/mol. The molecule has 4 rings (SSSR count). The molecule has 1 aliphatic rings. The molecule has 0 bridgehead atoms. The van der Waals surface area contributed by atoms with Gasteiger partial charge in [0.05, 0.1) is 14.2 Å². The molecule has 2 N–H and O–H groups in total. The third kappa shape index (κ3) is 3.85. The zero-order chi connectivity index (χ0) is 19.3. The van der Waals surface area contributed by atoms with Crippen molar-refractivity contribution in [3.05, 3.63) is 54.2 Å². The number of nitrogens with one attached hydrogen (secondary N) is 2. The number of hydrogen-bond acceptors (Lipinski definition) is 8. The van der Waals surface area contributed by atoms with Gasteiger partial charge in [-0.05, 0) is 35.9 Å². The molecule has 0 aliphatic carbocycles. The van der Waals surface area contributed by atoms with E-state index < -0.39 is 0 Å². The van der Waals surface area contributed by atoms with E-state index in [1.165, 1.54) is 0 Å². The van der Waals surface area contributed by atoms with Gasteiger partial charge in [0, 0.05) is 24.5 Å². The Bertz CT molecular complexity index is 980. The molecule has 0 saturated heterocycles. The van der Waals surface area contributed by atoms with Gasteiger partial charge in [-0.1, -0.05) is 6.07 Å². The van der Waals surface area contributed by atoms with Crippen molar-refractivity contribution in [1.82, 2.24) is 9.97 Å². The SMILES string of the molecule is COc1ccc(Nc2ccnc(NCc3ccc4c(c3)OCO4)n2)cc1OC.